The minimum atomic E-state index is -0.0920. The topological polar surface area (TPSA) is 80.3 Å². The molecule has 19 heavy (non-hydrogen) atoms. The van der Waals surface area contributed by atoms with E-state index in [1.165, 1.54) is 0 Å². The van der Waals surface area contributed by atoms with Crippen LogP contribution in [0.15, 0.2) is 18.2 Å². The van der Waals surface area contributed by atoms with Gasteiger partial charge >= 0.3 is 0 Å². The Morgan fingerprint density at radius 2 is 2.11 bits per heavy atom. The van der Waals surface area contributed by atoms with E-state index in [4.69, 9.17) is 15.1 Å². The standard InChI is InChI=1S/C14H17N3O2/c1-19-8-7-17(6-2-5-15)14-4-3-12(11-18)9-13(14)10-16/h3-4,9,18H,2,6-8,11H2,1H3. The van der Waals surface area contributed by atoms with Crippen molar-refractivity contribution in [3.63, 3.8) is 0 Å². The summed E-state index contributed by atoms with van der Waals surface area (Å²) in [7, 11) is 1.61. The lowest BCUT2D eigenvalue weighted by Gasteiger charge is -2.24. The largest absolute Gasteiger partial charge is 0.392 e. The fraction of sp³-hybridized carbons (Fsp3) is 0.429. The molecule has 0 aromatic heterocycles. The lowest BCUT2D eigenvalue weighted by atomic mass is 10.1. The Hall–Kier alpha value is -2.08. The normalized spacial score (nSPS) is 9.68. The third-order valence-corrected chi connectivity index (χ3v) is 2.76. The summed E-state index contributed by atoms with van der Waals surface area (Å²) in [5.41, 5.74) is 1.97. The molecule has 1 aromatic carbocycles. The highest BCUT2D eigenvalue weighted by Crippen LogP contribution is 2.21. The number of hydrogen-bond acceptors (Lipinski definition) is 5. The maximum absolute atomic E-state index is 9.18. The predicted molar refractivity (Wildman–Crippen MR) is 71.4 cm³/mol. The average Bonchev–Trinajstić information content (AvgIpc) is 2.47. The number of aliphatic hydroxyl groups is 1. The second-order valence-electron chi connectivity index (χ2n) is 4.01. The maximum Gasteiger partial charge on any atom is 0.101 e. The van der Waals surface area contributed by atoms with E-state index in [1.54, 1.807) is 25.3 Å². The molecular weight excluding hydrogens is 242 g/mol. The number of benzene rings is 1. The van der Waals surface area contributed by atoms with Gasteiger partial charge in [0, 0.05) is 20.2 Å². The van der Waals surface area contributed by atoms with Gasteiger partial charge in [-0.15, -0.1) is 0 Å². The first-order chi connectivity index (χ1) is 9.26. The van der Waals surface area contributed by atoms with E-state index in [-0.39, 0.29) is 6.61 Å². The lowest BCUT2D eigenvalue weighted by Crippen LogP contribution is -2.28. The van der Waals surface area contributed by atoms with Crippen LogP contribution in [0.5, 0.6) is 0 Å². The van der Waals surface area contributed by atoms with Crippen LogP contribution in [0.1, 0.15) is 17.5 Å². The third-order valence-electron chi connectivity index (χ3n) is 2.76. The molecule has 0 spiro atoms. The average molecular weight is 259 g/mol. The van der Waals surface area contributed by atoms with Crippen LogP contribution < -0.4 is 4.90 Å². The summed E-state index contributed by atoms with van der Waals surface area (Å²) in [5.74, 6) is 0. The molecule has 0 saturated carbocycles. The smallest absolute Gasteiger partial charge is 0.101 e. The van der Waals surface area contributed by atoms with Gasteiger partial charge in [-0.05, 0) is 17.7 Å². The van der Waals surface area contributed by atoms with Crippen molar-refractivity contribution in [1.82, 2.24) is 0 Å². The highest BCUT2D eigenvalue weighted by molar-refractivity contribution is 5.60. The van der Waals surface area contributed by atoms with Crippen LogP contribution in [0.3, 0.4) is 0 Å². The van der Waals surface area contributed by atoms with Crippen molar-refractivity contribution in [3.8, 4) is 12.1 Å². The summed E-state index contributed by atoms with van der Waals surface area (Å²) >= 11 is 0. The first-order valence-corrected chi connectivity index (χ1v) is 6.01. The monoisotopic (exact) mass is 259 g/mol. The Bertz CT molecular complexity index is 488. The molecule has 1 aromatic rings. The van der Waals surface area contributed by atoms with Crippen LogP contribution >= 0.6 is 0 Å². The number of aliphatic hydroxyl groups excluding tert-OH is 1. The van der Waals surface area contributed by atoms with Crippen LogP contribution in [0.25, 0.3) is 0 Å². The summed E-state index contributed by atoms with van der Waals surface area (Å²) in [6.45, 7) is 1.60. The molecule has 100 valence electrons. The molecule has 0 aliphatic carbocycles. The van der Waals surface area contributed by atoms with Gasteiger partial charge in [0.1, 0.15) is 6.07 Å². The highest BCUT2D eigenvalue weighted by atomic mass is 16.5. The van der Waals surface area contributed by atoms with Crippen molar-refractivity contribution >= 4 is 5.69 Å². The van der Waals surface area contributed by atoms with Crippen molar-refractivity contribution in [2.75, 3.05) is 31.7 Å². The van der Waals surface area contributed by atoms with E-state index in [1.807, 2.05) is 4.90 Å². The summed E-state index contributed by atoms with van der Waals surface area (Å²) in [6, 6.07) is 9.48. The quantitative estimate of drug-likeness (QED) is 0.801. The number of nitrogens with zero attached hydrogens (tertiary/aromatic N) is 3. The van der Waals surface area contributed by atoms with Gasteiger partial charge in [0.05, 0.1) is 37.0 Å². The summed E-state index contributed by atoms with van der Waals surface area (Å²) < 4.78 is 5.04. The fourth-order valence-electron chi connectivity index (χ4n) is 1.79. The van der Waals surface area contributed by atoms with E-state index >= 15 is 0 Å². The van der Waals surface area contributed by atoms with Crippen molar-refractivity contribution in [2.45, 2.75) is 13.0 Å². The number of methoxy groups -OCH3 is 1. The van der Waals surface area contributed by atoms with Crippen molar-refractivity contribution in [3.05, 3.63) is 29.3 Å². The Kier molecular flexibility index (Phi) is 6.38. The molecule has 0 aliphatic heterocycles. The first-order valence-electron chi connectivity index (χ1n) is 6.01. The second-order valence-corrected chi connectivity index (χ2v) is 4.01. The molecule has 0 heterocycles. The van der Waals surface area contributed by atoms with Crippen molar-refractivity contribution < 1.29 is 9.84 Å². The minimum Gasteiger partial charge on any atom is -0.392 e. The molecular formula is C14H17N3O2. The minimum absolute atomic E-state index is 0.0920. The Labute approximate surface area is 113 Å². The van der Waals surface area contributed by atoms with Crippen molar-refractivity contribution in [2.24, 2.45) is 0 Å². The SMILES string of the molecule is COCCN(CCC#N)c1ccc(CO)cc1C#N. The zero-order valence-electron chi connectivity index (χ0n) is 11.0. The molecule has 0 fully saturated rings. The molecule has 0 saturated heterocycles. The molecule has 0 unspecified atom stereocenters. The summed E-state index contributed by atoms with van der Waals surface area (Å²) in [4.78, 5) is 1.95. The van der Waals surface area contributed by atoms with E-state index in [9.17, 15) is 5.26 Å². The Morgan fingerprint density at radius 1 is 1.32 bits per heavy atom. The Morgan fingerprint density at radius 3 is 2.68 bits per heavy atom. The van der Waals surface area contributed by atoms with Gasteiger partial charge < -0.3 is 14.7 Å². The number of hydrogen-bond donors (Lipinski definition) is 1. The van der Waals surface area contributed by atoms with Gasteiger partial charge in [-0.1, -0.05) is 6.07 Å². The lowest BCUT2D eigenvalue weighted by molar-refractivity contribution is 0.205. The van der Waals surface area contributed by atoms with Crippen LogP contribution in [0.4, 0.5) is 5.69 Å². The zero-order chi connectivity index (χ0) is 14.1. The van der Waals surface area contributed by atoms with Gasteiger partial charge in [-0.2, -0.15) is 10.5 Å². The number of nitriles is 2. The van der Waals surface area contributed by atoms with E-state index < -0.39 is 0 Å². The maximum atomic E-state index is 9.18. The molecule has 5 heteroatoms. The molecule has 5 nitrogen and oxygen atoms in total. The number of rotatable bonds is 7. The molecule has 0 radical (unpaired) electrons. The van der Waals surface area contributed by atoms with E-state index in [2.05, 4.69) is 12.1 Å². The van der Waals surface area contributed by atoms with E-state index in [0.717, 1.165) is 5.69 Å². The highest BCUT2D eigenvalue weighted by Gasteiger charge is 2.11. The third kappa shape index (κ3) is 4.26. The zero-order valence-corrected chi connectivity index (χ0v) is 11.0. The van der Waals surface area contributed by atoms with Crippen LogP contribution in [0.2, 0.25) is 0 Å². The Balaban J connectivity index is 3.00. The van der Waals surface area contributed by atoms with Gasteiger partial charge in [0.2, 0.25) is 0 Å². The molecule has 0 aliphatic rings. The van der Waals surface area contributed by atoms with Gasteiger partial charge in [-0.25, -0.2) is 0 Å². The van der Waals surface area contributed by atoms with Gasteiger partial charge in [0.25, 0.3) is 0 Å². The van der Waals surface area contributed by atoms with Crippen LogP contribution in [-0.4, -0.2) is 31.9 Å². The van der Waals surface area contributed by atoms with E-state index in [0.29, 0.717) is 37.2 Å². The molecule has 0 atom stereocenters. The molecule has 0 bridgehead atoms. The predicted octanol–water partition coefficient (Wildman–Crippen LogP) is 1.42. The molecule has 1 rings (SSSR count). The van der Waals surface area contributed by atoms with Gasteiger partial charge in [-0.3, -0.25) is 0 Å². The molecule has 0 amide bonds. The number of ether oxygens (including phenoxy) is 1. The molecule has 1 N–H and O–H groups in total. The van der Waals surface area contributed by atoms with Crippen LogP contribution in [0, 0.1) is 22.7 Å². The second kappa shape index (κ2) is 8.10. The van der Waals surface area contributed by atoms with Crippen LogP contribution in [-0.2, 0) is 11.3 Å². The van der Waals surface area contributed by atoms with Crippen molar-refractivity contribution in [1.29, 1.82) is 10.5 Å². The summed E-state index contributed by atoms with van der Waals surface area (Å²) in [6.07, 6.45) is 0.385. The summed E-state index contributed by atoms with van der Waals surface area (Å²) in [5, 5.41) is 27.0. The first kappa shape index (κ1) is 15.0. The van der Waals surface area contributed by atoms with Gasteiger partial charge in [0.15, 0.2) is 0 Å². The number of anilines is 1. The fourth-order valence-corrected chi connectivity index (χ4v) is 1.79.